The molecular formula is C20H28N2O5. The summed E-state index contributed by atoms with van der Waals surface area (Å²) in [5.74, 6) is -1.48. The van der Waals surface area contributed by atoms with Gasteiger partial charge in [0.2, 0.25) is 11.8 Å². The Morgan fingerprint density at radius 1 is 1.26 bits per heavy atom. The number of carboxylic acid groups (broad SMARTS) is 1. The molecule has 1 fully saturated rings. The summed E-state index contributed by atoms with van der Waals surface area (Å²) in [7, 11) is 0. The first-order valence-corrected chi connectivity index (χ1v) is 9.33. The largest absolute Gasteiger partial charge is 0.481 e. The highest BCUT2D eigenvalue weighted by atomic mass is 16.4. The van der Waals surface area contributed by atoms with E-state index in [2.05, 4.69) is 5.32 Å². The lowest BCUT2D eigenvalue weighted by atomic mass is 9.73. The minimum atomic E-state index is -1.35. The van der Waals surface area contributed by atoms with Gasteiger partial charge in [-0.1, -0.05) is 30.3 Å². The van der Waals surface area contributed by atoms with Crippen molar-refractivity contribution < 1.29 is 24.6 Å². The van der Waals surface area contributed by atoms with Crippen LogP contribution in [0.15, 0.2) is 30.3 Å². The molecule has 1 aliphatic heterocycles. The normalized spacial score (nSPS) is 22.3. The molecule has 1 heterocycles. The summed E-state index contributed by atoms with van der Waals surface area (Å²) in [5, 5.41) is 22.9. The van der Waals surface area contributed by atoms with Gasteiger partial charge in [-0.05, 0) is 31.2 Å². The molecule has 0 spiro atoms. The number of nitrogens with one attached hydrogen (secondary N) is 1. The van der Waals surface area contributed by atoms with Gasteiger partial charge in [0.1, 0.15) is 5.41 Å². The van der Waals surface area contributed by atoms with Gasteiger partial charge < -0.3 is 20.4 Å². The molecule has 2 amide bonds. The highest BCUT2D eigenvalue weighted by Crippen LogP contribution is 2.36. The van der Waals surface area contributed by atoms with Crippen LogP contribution in [0.5, 0.6) is 0 Å². The molecule has 0 bridgehead atoms. The predicted octanol–water partition coefficient (Wildman–Crippen LogP) is 1.20. The first-order chi connectivity index (χ1) is 12.8. The van der Waals surface area contributed by atoms with Gasteiger partial charge >= 0.3 is 5.97 Å². The fraction of sp³-hybridized carbons (Fsp3) is 0.550. The molecule has 0 aromatic heterocycles. The quantitative estimate of drug-likeness (QED) is 0.632. The van der Waals surface area contributed by atoms with Crippen molar-refractivity contribution in [2.45, 2.75) is 45.1 Å². The second-order valence-corrected chi connectivity index (χ2v) is 7.15. The summed E-state index contributed by atoms with van der Waals surface area (Å²) in [6.45, 7) is 1.93. The number of nitrogens with zero attached hydrogens (tertiary/aromatic N) is 1. The summed E-state index contributed by atoms with van der Waals surface area (Å²) in [6, 6.07) is 9.78. The van der Waals surface area contributed by atoms with E-state index in [1.807, 2.05) is 30.3 Å². The van der Waals surface area contributed by atoms with E-state index >= 15 is 0 Å². The molecule has 7 nitrogen and oxygen atoms in total. The maximum absolute atomic E-state index is 12.4. The van der Waals surface area contributed by atoms with Crippen molar-refractivity contribution in [1.29, 1.82) is 0 Å². The number of piperidine rings is 1. The number of benzene rings is 1. The van der Waals surface area contributed by atoms with Crippen LogP contribution in [0.4, 0.5) is 0 Å². The third-order valence-corrected chi connectivity index (χ3v) is 5.21. The molecule has 0 unspecified atom stereocenters. The third kappa shape index (κ3) is 5.53. The van der Waals surface area contributed by atoms with Crippen molar-refractivity contribution in [3.63, 3.8) is 0 Å². The maximum Gasteiger partial charge on any atom is 0.314 e. The van der Waals surface area contributed by atoms with Crippen LogP contribution in [0.25, 0.3) is 0 Å². The number of rotatable bonds is 8. The van der Waals surface area contributed by atoms with Gasteiger partial charge in [0.05, 0.1) is 6.10 Å². The highest BCUT2D eigenvalue weighted by molar-refractivity contribution is 5.81. The van der Waals surface area contributed by atoms with Crippen molar-refractivity contribution in [2.24, 2.45) is 5.41 Å². The molecule has 2 rings (SSSR count). The molecular weight excluding hydrogens is 348 g/mol. The van der Waals surface area contributed by atoms with Crippen molar-refractivity contribution in [2.75, 3.05) is 19.6 Å². The number of amides is 2. The monoisotopic (exact) mass is 376 g/mol. The van der Waals surface area contributed by atoms with Gasteiger partial charge in [0, 0.05) is 33.0 Å². The Morgan fingerprint density at radius 2 is 1.96 bits per heavy atom. The van der Waals surface area contributed by atoms with Crippen LogP contribution in [-0.4, -0.2) is 58.6 Å². The van der Waals surface area contributed by atoms with E-state index < -0.39 is 17.5 Å². The number of carboxylic acids is 1. The van der Waals surface area contributed by atoms with Crippen LogP contribution in [0, 0.1) is 5.41 Å². The van der Waals surface area contributed by atoms with E-state index in [1.165, 1.54) is 11.8 Å². The van der Waals surface area contributed by atoms with Gasteiger partial charge in [0.25, 0.3) is 0 Å². The van der Waals surface area contributed by atoms with Gasteiger partial charge in [-0.15, -0.1) is 0 Å². The molecule has 0 aliphatic carbocycles. The first kappa shape index (κ1) is 20.9. The van der Waals surface area contributed by atoms with E-state index in [0.717, 1.165) is 12.0 Å². The van der Waals surface area contributed by atoms with Crippen molar-refractivity contribution in [3.8, 4) is 0 Å². The van der Waals surface area contributed by atoms with Crippen molar-refractivity contribution >= 4 is 17.8 Å². The van der Waals surface area contributed by atoms with Crippen LogP contribution < -0.4 is 5.32 Å². The van der Waals surface area contributed by atoms with E-state index in [1.54, 1.807) is 0 Å². The summed E-state index contributed by atoms with van der Waals surface area (Å²) in [5.41, 5.74) is -0.233. The number of aryl methyl sites for hydroxylation is 1. The van der Waals surface area contributed by atoms with E-state index in [4.69, 9.17) is 0 Å². The van der Waals surface area contributed by atoms with Crippen molar-refractivity contribution in [3.05, 3.63) is 35.9 Å². The molecule has 27 heavy (non-hydrogen) atoms. The summed E-state index contributed by atoms with van der Waals surface area (Å²) < 4.78 is 0. The Morgan fingerprint density at radius 3 is 2.59 bits per heavy atom. The standard InChI is InChI=1S/C20H28N2O5/c1-15(23)21-12-9-18(25)22-13-10-17(24)20(14-22,19(26)27)11-5-8-16-6-3-2-4-7-16/h2-4,6-7,17,24H,5,8-14H2,1H3,(H,21,23)(H,26,27)/t17-,20-/m1/s1. The van der Waals surface area contributed by atoms with Crippen molar-refractivity contribution in [1.82, 2.24) is 10.2 Å². The van der Waals surface area contributed by atoms with E-state index in [0.29, 0.717) is 19.4 Å². The SMILES string of the molecule is CC(=O)NCCC(=O)N1CC[C@@H](O)[C@](CCCc2ccccc2)(C(=O)O)C1. The molecule has 0 radical (unpaired) electrons. The molecule has 1 aromatic carbocycles. The van der Waals surface area contributed by atoms with Crippen LogP contribution in [-0.2, 0) is 20.8 Å². The molecule has 2 atom stereocenters. The predicted molar refractivity (Wildman–Crippen MR) is 100.0 cm³/mol. The Balaban J connectivity index is 2.00. The number of aliphatic carboxylic acids is 1. The molecule has 0 saturated carbocycles. The summed E-state index contributed by atoms with van der Waals surface area (Å²) in [6.07, 6.45) is 1.01. The second kappa shape index (κ2) is 9.50. The Kier molecular flexibility index (Phi) is 7.36. The van der Waals surface area contributed by atoms with E-state index in [9.17, 15) is 24.6 Å². The number of carbonyl (C=O) groups is 3. The number of likely N-dealkylation sites (tertiary alicyclic amines) is 1. The minimum absolute atomic E-state index is 0.00278. The zero-order chi connectivity index (χ0) is 19.9. The fourth-order valence-corrected chi connectivity index (χ4v) is 3.61. The topological polar surface area (TPSA) is 107 Å². The lowest BCUT2D eigenvalue weighted by Crippen LogP contribution is -2.57. The molecule has 1 aromatic rings. The number of aliphatic hydroxyl groups excluding tert-OH is 1. The first-order valence-electron chi connectivity index (χ1n) is 9.33. The van der Waals surface area contributed by atoms with Gasteiger partial charge in [0.15, 0.2) is 0 Å². The van der Waals surface area contributed by atoms with Crippen LogP contribution in [0.2, 0.25) is 0 Å². The van der Waals surface area contributed by atoms with Gasteiger partial charge in [-0.25, -0.2) is 0 Å². The summed E-state index contributed by atoms with van der Waals surface area (Å²) in [4.78, 5) is 36.9. The smallest absolute Gasteiger partial charge is 0.314 e. The average molecular weight is 376 g/mol. The fourth-order valence-electron chi connectivity index (χ4n) is 3.61. The number of hydrogen-bond donors (Lipinski definition) is 3. The maximum atomic E-state index is 12.4. The second-order valence-electron chi connectivity index (χ2n) is 7.15. The Hall–Kier alpha value is -2.41. The molecule has 1 aliphatic rings. The third-order valence-electron chi connectivity index (χ3n) is 5.21. The average Bonchev–Trinajstić information content (AvgIpc) is 2.63. The minimum Gasteiger partial charge on any atom is -0.481 e. The lowest BCUT2D eigenvalue weighted by molar-refractivity contribution is -0.167. The van der Waals surface area contributed by atoms with Crippen LogP contribution in [0.3, 0.4) is 0 Å². The van der Waals surface area contributed by atoms with Crippen LogP contribution >= 0.6 is 0 Å². The van der Waals surface area contributed by atoms with Crippen LogP contribution in [0.1, 0.15) is 38.2 Å². The number of carbonyl (C=O) groups excluding carboxylic acids is 2. The lowest BCUT2D eigenvalue weighted by Gasteiger charge is -2.43. The molecule has 1 saturated heterocycles. The summed E-state index contributed by atoms with van der Waals surface area (Å²) >= 11 is 0. The molecule has 7 heteroatoms. The Labute approximate surface area is 159 Å². The molecule has 148 valence electrons. The number of hydrogen-bond acceptors (Lipinski definition) is 4. The zero-order valence-electron chi connectivity index (χ0n) is 15.7. The molecule has 3 N–H and O–H groups in total. The zero-order valence-corrected chi connectivity index (χ0v) is 15.7. The van der Waals surface area contributed by atoms with Gasteiger partial charge in [-0.3, -0.25) is 14.4 Å². The number of aliphatic hydroxyl groups is 1. The van der Waals surface area contributed by atoms with E-state index in [-0.39, 0.29) is 37.7 Å². The Bertz CT molecular complexity index is 664. The van der Waals surface area contributed by atoms with Gasteiger partial charge in [-0.2, -0.15) is 0 Å². The highest BCUT2D eigenvalue weighted by Gasteiger charge is 2.49.